The molecule has 1 saturated heterocycles. The van der Waals surface area contributed by atoms with E-state index in [1.54, 1.807) is 0 Å². The molecule has 0 aromatic rings. The number of hydrogen-bond acceptors (Lipinski definition) is 2. The van der Waals surface area contributed by atoms with Crippen LogP contribution in [0.1, 0.15) is 20.8 Å². The second-order valence-corrected chi connectivity index (χ2v) is 4.94. The fourth-order valence-electron chi connectivity index (χ4n) is 0.834. The minimum absolute atomic E-state index is 0.148. The molecule has 0 saturated carbocycles. The van der Waals surface area contributed by atoms with E-state index in [9.17, 15) is 0 Å². The molecule has 2 nitrogen and oxygen atoms in total. The Kier molecular flexibility index (Phi) is 2.90. The summed E-state index contributed by atoms with van der Waals surface area (Å²) in [5.41, 5.74) is 0.148. The highest BCUT2D eigenvalue weighted by molar-refractivity contribution is 7.46. The summed E-state index contributed by atoms with van der Waals surface area (Å²) in [5.74, 6) is 1.39. The zero-order chi connectivity index (χ0) is 8.48. The summed E-state index contributed by atoms with van der Waals surface area (Å²) < 4.78 is 11.0. The van der Waals surface area contributed by atoms with E-state index in [4.69, 9.17) is 9.05 Å². The average molecular weight is 175 g/mol. The fraction of sp³-hybridized carbons (Fsp3) is 0.875. The van der Waals surface area contributed by atoms with Gasteiger partial charge in [-0.3, -0.25) is 0 Å². The van der Waals surface area contributed by atoms with Crippen LogP contribution < -0.4 is 0 Å². The Hall–Kier alpha value is 0.350. The first kappa shape index (κ1) is 9.44. The summed E-state index contributed by atoms with van der Waals surface area (Å²) in [6, 6.07) is 0. The summed E-state index contributed by atoms with van der Waals surface area (Å²) >= 11 is 0. The van der Waals surface area contributed by atoms with Gasteiger partial charge in [0.2, 0.25) is 0 Å². The zero-order valence-electron chi connectivity index (χ0n) is 7.68. The van der Waals surface area contributed by atoms with Gasteiger partial charge in [-0.1, -0.05) is 20.8 Å². The molecule has 1 heterocycles. The largest absolute Gasteiger partial charge is 0.334 e. The van der Waals surface area contributed by atoms with E-state index >= 15 is 0 Å². The lowest BCUT2D eigenvalue weighted by Gasteiger charge is -2.38. The summed E-state index contributed by atoms with van der Waals surface area (Å²) in [5, 5.41) is 0. The quantitative estimate of drug-likeness (QED) is 0.570. The standard InChI is InChI=1S/C8H16O2P/c1-7(2)8(3)5-9-11(4)10-6-8/h5-6H2,1-4H3. The van der Waals surface area contributed by atoms with Crippen LogP contribution in [0.25, 0.3) is 0 Å². The van der Waals surface area contributed by atoms with Crippen molar-refractivity contribution in [2.45, 2.75) is 20.8 Å². The van der Waals surface area contributed by atoms with Crippen LogP contribution in [0, 0.1) is 11.3 Å². The molecule has 0 spiro atoms. The smallest absolute Gasteiger partial charge is 0.167 e. The van der Waals surface area contributed by atoms with Crippen LogP contribution in [0.3, 0.4) is 0 Å². The molecular weight excluding hydrogens is 159 g/mol. The Morgan fingerprint density at radius 2 is 1.73 bits per heavy atom. The lowest BCUT2D eigenvalue weighted by Crippen LogP contribution is -2.35. The molecule has 1 aliphatic heterocycles. The molecule has 1 aliphatic rings. The van der Waals surface area contributed by atoms with Gasteiger partial charge in [0.1, 0.15) is 0 Å². The Bertz CT molecular complexity index is 128. The van der Waals surface area contributed by atoms with E-state index in [1.807, 2.05) is 6.66 Å². The van der Waals surface area contributed by atoms with Crippen molar-refractivity contribution < 1.29 is 9.05 Å². The van der Waals surface area contributed by atoms with Crippen LogP contribution >= 0.6 is 8.38 Å². The van der Waals surface area contributed by atoms with Crippen molar-refractivity contribution in [1.29, 1.82) is 0 Å². The van der Waals surface area contributed by atoms with Crippen molar-refractivity contribution in [3.63, 3.8) is 0 Å². The fourth-order valence-corrected chi connectivity index (χ4v) is 1.84. The van der Waals surface area contributed by atoms with Crippen LogP contribution in [0.4, 0.5) is 0 Å². The van der Waals surface area contributed by atoms with Gasteiger partial charge in [0.15, 0.2) is 8.38 Å². The molecule has 11 heavy (non-hydrogen) atoms. The molecule has 0 N–H and O–H groups in total. The second-order valence-electron chi connectivity index (χ2n) is 3.55. The maximum atomic E-state index is 5.48. The Balaban J connectivity index is 2.48. The van der Waals surface area contributed by atoms with Gasteiger partial charge in [-0.15, -0.1) is 0 Å². The molecule has 0 unspecified atom stereocenters. The van der Waals surface area contributed by atoms with Crippen molar-refractivity contribution in [2.24, 2.45) is 5.41 Å². The lowest BCUT2D eigenvalue weighted by atomic mass is 9.81. The van der Waals surface area contributed by atoms with Crippen LogP contribution in [0.15, 0.2) is 0 Å². The first-order valence-electron chi connectivity index (χ1n) is 3.85. The molecule has 3 heteroatoms. The first-order valence-corrected chi connectivity index (χ1v) is 5.47. The Labute approximate surface area is 70.2 Å². The molecule has 1 fully saturated rings. The van der Waals surface area contributed by atoms with Gasteiger partial charge in [0.05, 0.1) is 13.2 Å². The van der Waals surface area contributed by atoms with Gasteiger partial charge in [-0.2, -0.15) is 0 Å². The van der Waals surface area contributed by atoms with Crippen LogP contribution in [0.2, 0.25) is 0 Å². The normalized spacial score (nSPS) is 39.5. The summed E-state index contributed by atoms with van der Waals surface area (Å²) in [6.45, 7) is 10.1. The van der Waals surface area contributed by atoms with E-state index in [2.05, 4.69) is 20.8 Å². The molecule has 0 aliphatic carbocycles. The van der Waals surface area contributed by atoms with Gasteiger partial charge >= 0.3 is 0 Å². The van der Waals surface area contributed by atoms with E-state index in [1.165, 1.54) is 5.92 Å². The zero-order valence-corrected chi connectivity index (χ0v) is 8.57. The molecule has 65 valence electrons. The van der Waals surface area contributed by atoms with Crippen molar-refractivity contribution in [3.05, 3.63) is 5.92 Å². The maximum Gasteiger partial charge on any atom is 0.167 e. The minimum atomic E-state index is -0.588. The van der Waals surface area contributed by atoms with Gasteiger partial charge in [-0.25, -0.2) is 0 Å². The van der Waals surface area contributed by atoms with Gasteiger partial charge in [0.25, 0.3) is 0 Å². The predicted molar refractivity (Wildman–Crippen MR) is 47.4 cm³/mol. The van der Waals surface area contributed by atoms with Crippen LogP contribution in [0.5, 0.6) is 0 Å². The Morgan fingerprint density at radius 1 is 1.27 bits per heavy atom. The monoisotopic (exact) mass is 175 g/mol. The summed E-state index contributed by atoms with van der Waals surface area (Å²) in [7, 11) is -0.588. The molecule has 0 amide bonds. The highest BCUT2D eigenvalue weighted by atomic mass is 31.2. The summed E-state index contributed by atoms with van der Waals surface area (Å²) in [6.07, 6.45) is 0. The lowest BCUT2D eigenvalue weighted by molar-refractivity contribution is 0.0611. The first-order chi connectivity index (χ1) is 5.04. The van der Waals surface area contributed by atoms with Crippen LogP contribution in [-0.4, -0.2) is 19.9 Å². The molecule has 1 rings (SSSR count). The van der Waals surface area contributed by atoms with Gasteiger partial charge < -0.3 is 9.05 Å². The van der Waals surface area contributed by atoms with E-state index < -0.39 is 8.38 Å². The number of rotatable bonds is 1. The highest BCUT2D eigenvalue weighted by Gasteiger charge is 2.34. The van der Waals surface area contributed by atoms with Crippen molar-refractivity contribution >= 4 is 8.38 Å². The molecule has 0 aromatic carbocycles. The van der Waals surface area contributed by atoms with Gasteiger partial charge in [-0.05, 0) is 5.92 Å². The second kappa shape index (κ2) is 3.38. The average Bonchev–Trinajstić information content (AvgIpc) is 1.95. The van der Waals surface area contributed by atoms with Crippen molar-refractivity contribution in [2.75, 3.05) is 19.9 Å². The number of hydrogen-bond donors (Lipinski definition) is 0. The minimum Gasteiger partial charge on any atom is -0.334 e. The van der Waals surface area contributed by atoms with E-state index in [0.29, 0.717) is 0 Å². The third-order valence-electron chi connectivity index (χ3n) is 2.34. The molecular formula is C8H16O2P. The van der Waals surface area contributed by atoms with E-state index in [-0.39, 0.29) is 5.41 Å². The molecule has 0 atom stereocenters. The third kappa shape index (κ3) is 2.14. The van der Waals surface area contributed by atoms with E-state index in [0.717, 1.165) is 13.2 Å². The third-order valence-corrected chi connectivity index (χ3v) is 3.32. The molecule has 0 aromatic heterocycles. The van der Waals surface area contributed by atoms with Gasteiger partial charge in [0, 0.05) is 12.1 Å². The maximum absolute atomic E-state index is 5.48. The molecule has 0 bridgehead atoms. The topological polar surface area (TPSA) is 18.5 Å². The van der Waals surface area contributed by atoms with Crippen molar-refractivity contribution in [1.82, 2.24) is 0 Å². The van der Waals surface area contributed by atoms with Crippen molar-refractivity contribution in [3.8, 4) is 0 Å². The SMILES string of the molecule is C[C](C)C1(C)COP(C)OC1. The van der Waals surface area contributed by atoms with Crippen LogP contribution in [-0.2, 0) is 9.05 Å². The molecule has 1 radical (unpaired) electrons. The highest BCUT2D eigenvalue weighted by Crippen LogP contribution is 2.45. The summed E-state index contributed by atoms with van der Waals surface area (Å²) in [4.78, 5) is 0. The predicted octanol–water partition coefficient (Wildman–Crippen LogP) is 2.60. The Morgan fingerprint density at radius 3 is 2.09 bits per heavy atom.